The van der Waals surface area contributed by atoms with Crippen molar-refractivity contribution in [3.8, 4) is 0 Å². The first kappa shape index (κ1) is 14.5. The number of carbonyl (C=O) groups is 1. The molecule has 0 spiro atoms. The molecule has 1 fully saturated rings. The first-order valence-corrected chi connectivity index (χ1v) is 6.39. The van der Waals surface area contributed by atoms with Gasteiger partial charge in [0.05, 0.1) is 18.6 Å². The van der Waals surface area contributed by atoms with Crippen molar-refractivity contribution in [2.75, 3.05) is 13.2 Å². The highest BCUT2D eigenvalue weighted by atomic mass is 16.6. The molecule has 0 aliphatic heterocycles. The number of hydrogen-bond donors (Lipinski definition) is 1. The molecule has 0 unspecified atom stereocenters. The van der Waals surface area contributed by atoms with E-state index in [-0.39, 0.29) is 17.1 Å². The quantitative estimate of drug-likeness (QED) is 0.592. The lowest BCUT2D eigenvalue weighted by Gasteiger charge is -2.22. The average Bonchev–Trinajstić information content (AvgIpc) is 2.58. The molecule has 0 heterocycles. The standard InChI is InChI=1S/C13H25NO3/c1-12(2,3)17-9-8-16-11(15)10-13(14)6-4-5-7-13/h4-10,14H2,1-3H3. The molecule has 100 valence electrons. The molecule has 1 rings (SSSR count). The fourth-order valence-electron chi connectivity index (χ4n) is 2.10. The molecular formula is C13H25NO3. The van der Waals surface area contributed by atoms with Crippen molar-refractivity contribution < 1.29 is 14.3 Å². The molecule has 4 heteroatoms. The number of esters is 1. The van der Waals surface area contributed by atoms with Gasteiger partial charge in [0.15, 0.2) is 0 Å². The van der Waals surface area contributed by atoms with Crippen LogP contribution in [0.5, 0.6) is 0 Å². The van der Waals surface area contributed by atoms with Crippen LogP contribution < -0.4 is 5.73 Å². The number of hydrogen-bond acceptors (Lipinski definition) is 4. The minimum atomic E-state index is -0.317. The van der Waals surface area contributed by atoms with E-state index in [0.717, 1.165) is 25.7 Å². The van der Waals surface area contributed by atoms with Gasteiger partial charge in [-0.05, 0) is 33.6 Å². The summed E-state index contributed by atoms with van der Waals surface area (Å²) in [5, 5.41) is 0. The molecule has 17 heavy (non-hydrogen) atoms. The number of rotatable bonds is 5. The zero-order chi connectivity index (χ0) is 12.9. The summed E-state index contributed by atoms with van der Waals surface area (Å²) in [6.45, 7) is 6.67. The Balaban J connectivity index is 2.13. The summed E-state index contributed by atoms with van der Waals surface area (Å²) in [4.78, 5) is 11.6. The van der Waals surface area contributed by atoms with Crippen LogP contribution >= 0.6 is 0 Å². The van der Waals surface area contributed by atoms with Crippen molar-refractivity contribution in [1.29, 1.82) is 0 Å². The largest absolute Gasteiger partial charge is 0.463 e. The molecular weight excluding hydrogens is 218 g/mol. The van der Waals surface area contributed by atoms with Gasteiger partial charge in [-0.2, -0.15) is 0 Å². The van der Waals surface area contributed by atoms with Crippen LogP contribution in [0.1, 0.15) is 52.9 Å². The van der Waals surface area contributed by atoms with Gasteiger partial charge in [0.1, 0.15) is 6.61 Å². The first-order chi connectivity index (χ1) is 7.81. The van der Waals surface area contributed by atoms with Crippen molar-refractivity contribution >= 4 is 5.97 Å². The Labute approximate surface area is 104 Å². The van der Waals surface area contributed by atoms with Gasteiger partial charge in [0.2, 0.25) is 0 Å². The van der Waals surface area contributed by atoms with Crippen molar-refractivity contribution in [2.45, 2.75) is 64.0 Å². The van der Waals surface area contributed by atoms with E-state index in [4.69, 9.17) is 15.2 Å². The lowest BCUT2D eigenvalue weighted by molar-refractivity contribution is -0.148. The maximum atomic E-state index is 11.6. The predicted octanol–water partition coefficient (Wildman–Crippen LogP) is 2.01. The second-order valence-corrected chi connectivity index (χ2v) is 5.93. The SMILES string of the molecule is CC(C)(C)OCCOC(=O)CC1(N)CCCC1. The van der Waals surface area contributed by atoms with Crippen LogP contribution in [0.25, 0.3) is 0 Å². The van der Waals surface area contributed by atoms with Crippen molar-refractivity contribution in [3.63, 3.8) is 0 Å². The lowest BCUT2D eigenvalue weighted by Crippen LogP contribution is -2.39. The Hall–Kier alpha value is -0.610. The summed E-state index contributed by atoms with van der Waals surface area (Å²) in [7, 11) is 0. The third kappa shape index (κ3) is 6.03. The second-order valence-electron chi connectivity index (χ2n) is 5.93. The molecule has 4 nitrogen and oxygen atoms in total. The normalized spacial score (nSPS) is 19.3. The van der Waals surface area contributed by atoms with Crippen LogP contribution in [0.3, 0.4) is 0 Å². The molecule has 0 bridgehead atoms. The van der Waals surface area contributed by atoms with Gasteiger partial charge in [-0.3, -0.25) is 4.79 Å². The van der Waals surface area contributed by atoms with Gasteiger partial charge in [-0.25, -0.2) is 0 Å². The summed E-state index contributed by atoms with van der Waals surface area (Å²) in [6, 6.07) is 0. The van der Waals surface area contributed by atoms with Gasteiger partial charge in [0, 0.05) is 5.54 Å². The summed E-state index contributed by atoms with van der Waals surface area (Å²) in [6.07, 6.45) is 4.44. The van der Waals surface area contributed by atoms with E-state index in [0.29, 0.717) is 19.6 Å². The fraction of sp³-hybridized carbons (Fsp3) is 0.923. The number of carbonyl (C=O) groups excluding carboxylic acids is 1. The number of ether oxygens (including phenoxy) is 2. The highest BCUT2D eigenvalue weighted by Crippen LogP contribution is 2.30. The van der Waals surface area contributed by atoms with Crippen molar-refractivity contribution in [3.05, 3.63) is 0 Å². The van der Waals surface area contributed by atoms with Crippen LogP contribution in [0.4, 0.5) is 0 Å². The molecule has 0 atom stereocenters. The molecule has 1 saturated carbocycles. The Morgan fingerprint density at radius 2 is 1.82 bits per heavy atom. The third-order valence-corrected chi connectivity index (χ3v) is 2.98. The zero-order valence-electron chi connectivity index (χ0n) is 11.3. The third-order valence-electron chi connectivity index (χ3n) is 2.98. The van der Waals surface area contributed by atoms with E-state index in [1.165, 1.54) is 0 Å². The molecule has 2 N–H and O–H groups in total. The summed E-state index contributed by atoms with van der Waals surface area (Å²) >= 11 is 0. The van der Waals surface area contributed by atoms with Crippen LogP contribution in [0.15, 0.2) is 0 Å². The van der Waals surface area contributed by atoms with E-state index in [9.17, 15) is 4.79 Å². The highest BCUT2D eigenvalue weighted by molar-refractivity contribution is 5.70. The van der Waals surface area contributed by atoms with Crippen LogP contribution in [-0.2, 0) is 14.3 Å². The first-order valence-electron chi connectivity index (χ1n) is 6.39. The Morgan fingerprint density at radius 1 is 1.24 bits per heavy atom. The fourth-order valence-corrected chi connectivity index (χ4v) is 2.10. The summed E-state index contributed by atoms with van der Waals surface area (Å²) in [5.74, 6) is -0.202. The van der Waals surface area contributed by atoms with Crippen LogP contribution in [0, 0.1) is 0 Å². The molecule has 0 aromatic heterocycles. The minimum Gasteiger partial charge on any atom is -0.463 e. The van der Waals surface area contributed by atoms with Gasteiger partial charge < -0.3 is 15.2 Å². The molecule has 0 saturated heterocycles. The Morgan fingerprint density at radius 3 is 2.35 bits per heavy atom. The van der Waals surface area contributed by atoms with Gasteiger partial charge in [-0.1, -0.05) is 12.8 Å². The molecule has 0 amide bonds. The molecule has 0 radical (unpaired) electrons. The van der Waals surface area contributed by atoms with Crippen LogP contribution in [-0.4, -0.2) is 30.3 Å². The minimum absolute atomic E-state index is 0.188. The molecule has 0 aromatic carbocycles. The second kappa shape index (κ2) is 5.83. The van der Waals surface area contributed by atoms with E-state index in [2.05, 4.69) is 0 Å². The van der Waals surface area contributed by atoms with Crippen molar-refractivity contribution in [1.82, 2.24) is 0 Å². The van der Waals surface area contributed by atoms with Crippen molar-refractivity contribution in [2.24, 2.45) is 5.73 Å². The molecule has 1 aliphatic carbocycles. The maximum absolute atomic E-state index is 11.6. The monoisotopic (exact) mass is 243 g/mol. The van der Waals surface area contributed by atoms with Gasteiger partial charge in [-0.15, -0.1) is 0 Å². The Bertz CT molecular complexity index is 252. The van der Waals surface area contributed by atoms with Gasteiger partial charge in [0.25, 0.3) is 0 Å². The predicted molar refractivity (Wildman–Crippen MR) is 66.7 cm³/mol. The van der Waals surface area contributed by atoms with E-state index >= 15 is 0 Å². The summed E-state index contributed by atoms with van der Waals surface area (Å²) < 4.78 is 10.6. The smallest absolute Gasteiger partial charge is 0.307 e. The summed E-state index contributed by atoms with van der Waals surface area (Å²) in [5.41, 5.74) is 5.60. The van der Waals surface area contributed by atoms with E-state index in [1.807, 2.05) is 20.8 Å². The topological polar surface area (TPSA) is 61.5 Å². The highest BCUT2D eigenvalue weighted by Gasteiger charge is 2.32. The van der Waals surface area contributed by atoms with Crippen LogP contribution in [0.2, 0.25) is 0 Å². The maximum Gasteiger partial charge on any atom is 0.307 e. The lowest BCUT2D eigenvalue weighted by atomic mass is 9.95. The van der Waals surface area contributed by atoms with E-state index < -0.39 is 0 Å². The van der Waals surface area contributed by atoms with E-state index in [1.54, 1.807) is 0 Å². The average molecular weight is 243 g/mol. The number of nitrogens with two attached hydrogens (primary N) is 1. The molecule has 0 aromatic rings. The Kier molecular flexibility index (Phi) is 4.95. The zero-order valence-corrected chi connectivity index (χ0v) is 11.3. The molecule has 1 aliphatic rings. The van der Waals surface area contributed by atoms with Gasteiger partial charge >= 0.3 is 5.97 Å².